The Hall–Kier alpha value is -2.10. The van der Waals surface area contributed by atoms with E-state index in [1.54, 1.807) is 12.4 Å². The predicted molar refractivity (Wildman–Crippen MR) is 70.2 cm³/mol. The highest BCUT2D eigenvalue weighted by atomic mass is 15.1. The molecule has 4 heteroatoms. The van der Waals surface area contributed by atoms with Crippen molar-refractivity contribution < 1.29 is 0 Å². The van der Waals surface area contributed by atoms with Crippen molar-refractivity contribution in [3.05, 3.63) is 42.2 Å². The summed E-state index contributed by atoms with van der Waals surface area (Å²) in [6.45, 7) is 2.16. The number of nitrogen functional groups attached to an aromatic ring is 1. The predicted octanol–water partition coefficient (Wildman–Crippen LogP) is 2.75. The number of aromatic nitrogens is 2. The highest BCUT2D eigenvalue weighted by Gasteiger charge is 2.04. The molecule has 0 aliphatic rings. The summed E-state index contributed by atoms with van der Waals surface area (Å²) in [5, 5.41) is 3.23. The fourth-order valence-electron chi connectivity index (χ4n) is 1.70. The molecule has 0 unspecified atom stereocenters. The average Bonchev–Trinajstić information content (AvgIpc) is 2.35. The minimum absolute atomic E-state index is 0.416. The number of nitrogens with two attached hydrogens (primary N) is 1. The molecule has 0 fully saturated rings. The third-order valence-corrected chi connectivity index (χ3v) is 2.52. The van der Waals surface area contributed by atoms with Crippen LogP contribution in [0.15, 0.2) is 36.7 Å². The molecule has 0 aliphatic heterocycles. The summed E-state index contributed by atoms with van der Waals surface area (Å²) in [6, 6.07) is 8.17. The molecule has 0 spiro atoms. The molecular formula is C13H16N4. The van der Waals surface area contributed by atoms with Crippen molar-refractivity contribution in [1.82, 2.24) is 9.97 Å². The van der Waals surface area contributed by atoms with Crippen LogP contribution >= 0.6 is 0 Å². The van der Waals surface area contributed by atoms with Gasteiger partial charge >= 0.3 is 0 Å². The van der Waals surface area contributed by atoms with Crippen LogP contribution in [0.25, 0.3) is 0 Å². The molecule has 0 amide bonds. The Kier molecular flexibility index (Phi) is 3.55. The van der Waals surface area contributed by atoms with Gasteiger partial charge in [-0.3, -0.25) is 0 Å². The Bertz CT molecular complexity index is 496. The lowest BCUT2D eigenvalue weighted by Gasteiger charge is -2.11. The summed E-state index contributed by atoms with van der Waals surface area (Å²) in [5.74, 6) is 1.02. The standard InChI is InChI=1S/C13H16N4/c1-2-5-10-6-3-4-7-11(10)17-13-12(14)15-8-9-16-13/h3-4,6-9H,2,5H2,1H3,(H2,14,15)(H,16,17). The SMILES string of the molecule is CCCc1ccccc1Nc1nccnc1N. The van der Waals surface area contributed by atoms with E-state index in [1.165, 1.54) is 5.56 Å². The summed E-state index contributed by atoms with van der Waals surface area (Å²) >= 11 is 0. The van der Waals surface area contributed by atoms with Crippen LogP contribution in [0.1, 0.15) is 18.9 Å². The second kappa shape index (κ2) is 5.30. The van der Waals surface area contributed by atoms with Crippen LogP contribution in [0, 0.1) is 0 Å². The fraction of sp³-hybridized carbons (Fsp3) is 0.231. The van der Waals surface area contributed by atoms with E-state index in [0.717, 1.165) is 18.5 Å². The van der Waals surface area contributed by atoms with Crippen LogP contribution in [0.5, 0.6) is 0 Å². The van der Waals surface area contributed by atoms with Crippen molar-refractivity contribution in [2.24, 2.45) is 0 Å². The minimum Gasteiger partial charge on any atom is -0.381 e. The van der Waals surface area contributed by atoms with Gasteiger partial charge in [0.25, 0.3) is 0 Å². The lowest BCUT2D eigenvalue weighted by atomic mass is 10.1. The normalized spacial score (nSPS) is 10.2. The monoisotopic (exact) mass is 228 g/mol. The summed E-state index contributed by atoms with van der Waals surface area (Å²) in [6.07, 6.45) is 5.34. The van der Waals surface area contributed by atoms with Crippen LogP contribution in [0.4, 0.5) is 17.3 Å². The second-order valence-electron chi connectivity index (χ2n) is 3.82. The molecule has 1 aromatic carbocycles. The third-order valence-electron chi connectivity index (χ3n) is 2.52. The van der Waals surface area contributed by atoms with E-state index >= 15 is 0 Å². The molecule has 0 aliphatic carbocycles. The number of rotatable bonds is 4. The molecule has 0 atom stereocenters. The largest absolute Gasteiger partial charge is 0.381 e. The van der Waals surface area contributed by atoms with Crippen molar-refractivity contribution in [3.63, 3.8) is 0 Å². The van der Waals surface area contributed by atoms with Crippen molar-refractivity contribution in [2.75, 3.05) is 11.1 Å². The van der Waals surface area contributed by atoms with Gasteiger partial charge in [0.15, 0.2) is 11.6 Å². The smallest absolute Gasteiger partial charge is 0.173 e. The van der Waals surface area contributed by atoms with E-state index in [9.17, 15) is 0 Å². The first-order valence-electron chi connectivity index (χ1n) is 5.72. The highest BCUT2D eigenvalue weighted by Crippen LogP contribution is 2.22. The maximum atomic E-state index is 5.76. The molecule has 2 aromatic rings. The van der Waals surface area contributed by atoms with Gasteiger partial charge in [0.2, 0.25) is 0 Å². The number of benzene rings is 1. The first-order chi connectivity index (χ1) is 8.31. The number of hydrogen-bond acceptors (Lipinski definition) is 4. The Morgan fingerprint density at radius 1 is 1.18 bits per heavy atom. The minimum atomic E-state index is 0.416. The first kappa shape index (κ1) is 11.4. The number of hydrogen-bond donors (Lipinski definition) is 2. The molecular weight excluding hydrogens is 212 g/mol. The lowest BCUT2D eigenvalue weighted by molar-refractivity contribution is 0.923. The Morgan fingerprint density at radius 2 is 1.94 bits per heavy atom. The average molecular weight is 228 g/mol. The maximum absolute atomic E-state index is 5.76. The zero-order chi connectivity index (χ0) is 12.1. The molecule has 4 nitrogen and oxygen atoms in total. The van der Waals surface area contributed by atoms with Crippen LogP contribution in [0.2, 0.25) is 0 Å². The summed E-state index contributed by atoms with van der Waals surface area (Å²) in [5.41, 5.74) is 8.06. The quantitative estimate of drug-likeness (QED) is 0.844. The van der Waals surface area contributed by atoms with Gasteiger partial charge in [-0.15, -0.1) is 0 Å². The Labute approximate surface area is 101 Å². The van der Waals surface area contributed by atoms with Crippen molar-refractivity contribution in [1.29, 1.82) is 0 Å². The van der Waals surface area contributed by atoms with E-state index in [1.807, 2.05) is 18.2 Å². The topological polar surface area (TPSA) is 63.8 Å². The van der Waals surface area contributed by atoms with Gasteiger partial charge in [0.1, 0.15) is 0 Å². The van der Waals surface area contributed by atoms with Crippen LogP contribution in [-0.2, 0) is 6.42 Å². The molecule has 0 radical (unpaired) electrons. The molecule has 1 heterocycles. The Morgan fingerprint density at radius 3 is 2.71 bits per heavy atom. The third kappa shape index (κ3) is 2.72. The van der Waals surface area contributed by atoms with Crippen molar-refractivity contribution in [2.45, 2.75) is 19.8 Å². The van der Waals surface area contributed by atoms with E-state index in [-0.39, 0.29) is 0 Å². The van der Waals surface area contributed by atoms with Gasteiger partial charge in [0.05, 0.1) is 0 Å². The number of nitrogens with one attached hydrogen (secondary N) is 1. The second-order valence-corrected chi connectivity index (χ2v) is 3.82. The number of aryl methyl sites for hydroxylation is 1. The summed E-state index contributed by atoms with van der Waals surface area (Å²) in [4.78, 5) is 8.18. The molecule has 0 saturated heterocycles. The lowest BCUT2D eigenvalue weighted by Crippen LogP contribution is -2.02. The van der Waals surface area contributed by atoms with E-state index < -0.39 is 0 Å². The number of nitrogens with zero attached hydrogens (tertiary/aromatic N) is 2. The van der Waals surface area contributed by atoms with E-state index in [4.69, 9.17) is 5.73 Å². The van der Waals surface area contributed by atoms with Crippen LogP contribution < -0.4 is 11.1 Å². The van der Waals surface area contributed by atoms with E-state index in [0.29, 0.717) is 11.6 Å². The molecule has 3 N–H and O–H groups in total. The number of anilines is 3. The fourth-order valence-corrected chi connectivity index (χ4v) is 1.70. The molecule has 88 valence electrons. The van der Waals surface area contributed by atoms with Gasteiger partial charge in [-0.25, -0.2) is 9.97 Å². The van der Waals surface area contributed by atoms with Crippen LogP contribution in [-0.4, -0.2) is 9.97 Å². The molecule has 0 bridgehead atoms. The zero-order valence-electron chi connectivity index (χ0n) is 9.85. The molecule has 17 heavy (non-hydrogen) atoms. The van der Waals surface area contributed by atoms with Crippen molar-refractivity contribution >= 4 is 17.3 Å². The Balaban J connectivity index is 2.27. The summed E-state index contributed by atoms with van der Waals surface area (Å²) < 4.78 is 0. The van der Waals surface area contributed by atoms with Crippen LogP contribution in [0.3, 0.4) is 0 Å². The molecule has 1 aromatic heterocycles. The molecule has 2 rings (SSSR count). The number of para-hydroxylation sites is 1. The molecule has 0 saturated carbocycles. The van der Waals surface area contributed by atoms with Gasteiger partial charge < -0.3 is 11.1 Å². The highest BCUT2D eigenvalue weighted by molar-refractivity contribution is 5.67. The zero-order valence-corrected chi connectivity index (χ0v) is 9.85. The van der Waals surface area contributed by atoms with Gasteiger partial charge in [-0.2, -0.15) is 0 Å². The van der Waals surface area contributed by atoms with Gasteiger partial charge in [0, 0.05) is 18.1 Å². The van der Waals surface area contributed by atoms with Gasteiger partial charge in [-0.05, 0) is 18.1 Å². The van der Waals surface area contributed by atoms with E-state index in [2.05, 4.69) is 28.3 Å². The first-order valence-corrected chi connectivity index (χ1v) is 5.72. The summed E-state index contributed by atoms with van der Waals surface area (Å²) in [7, 11) is 0. The maximum Gasteiger partial charge on any atom is 0.173 e. The van der Waals surface area contributed by atoms with Gasteiger partial charge in [-0.1, -0.05) is 31.5 Å². The van der Waals surface area contributed by atoms with Crippen molar-refractivity contribution in [3.8, 4) is 0 Å².